The maximum atomic E-state index is 12.1. The van der Waals surface area contributed by atoms with Crippen LogP contribution in [0.4, 0.5) is 11.5 Å². The fourth-order valence-electron chi connectivity index (χ4n) is 2.57. The summed E-state index contributed by atoms with van der Waals surface area (Å²) in [5, 5.41) is 14.1. The van der Waals surface area contributed by atoms with E-state index in [1.54, 1.807) is 24.5 Å². The van der Waals surface area contributed by atoms with Gasteiger partial charge in [0, 0.05) is 50.1 Å². The van der Waals surface area contributed by atoms with Crippen molar-refractivity contribution >= 4 is 17.4 Å². The van der Waals surface area contributed by atoms with Crippen LogP contribution in [0.2, 0.25) is 0 Å². The van der Waals surface area contributed by atoms with Gasteiger partial charge >= 0.3 is 0 Å². The van der Waals surface area contributed by atoms with Crippen LogP contribution in [0, 0.1) is 0 Å². The number of amides is 1. The van der Waals surface area contributed by atoms with Crippen LogP contribution in [-0.4, -0.2) is 67.6 Å². The van der Waals surface area contributed by atoms with E-state index in [0.29, 0.717) is 30.4 Å². The third-order valence-corrected chi connectivity index (χ3v) is 3.94. The average molecular weight is 358 g/mol. The molecule has 1 aliphatic rings. The number of hydrogen-bond acceptors (Lipinski definition) is 8. The number of anilines is 2. The zero-order valence-corrected chi connectivity index (χ0v) is 14.6. The summed E-state index contributed by atoms with van der Waals surface area (Å²) in [6.07, 6.45) is 3.29. The summed E-state index contributed by atoms with van der Waals surface area (Å²) in [5.41, 5.74) is 1.52. The van der Waals surface area contributed by atoms with Gasteiger partial charge in [-0.15, -0.1) is 5.10 Å². The summed E-state index contributed by atoms with van der Waals surface area (Å²) < 4.78 is 10.4. The molecule has 0 unspecified atom stereocenters. The van der Waals surface area contributed by atoms with E-state index in [0.717, 1.165) is 32.0 Å². The number of pyridine rings is 1. The molecule has 0 atom stereocenters. The molecule has 1 aliphatic heterocycles. The molecule has 1 fully saturated rings. The third kappa shape index (κ3) is 4.79. The second-order valence-corrected chi connectivity index (χ2v) is 5.67. The van der Waals surface area contributed by atoms with E-state index >= 15 is 0 Å². The van der Waals surface area contributed by atoms with E-state index in [9.17, 15) is 4.79 Å². The first kappa shape index (κ1) is 17.9. The second-order valence-electron chi connectivity index (χ2n) is 5.67. The zero-order valence-electron chi connectivity index (χ0n) is 14.6. The van der Waals surface area contributed by atoms with Crippen molar-refractivity contribution in [1.29, 1.82) is 0 Å². The number of methoxy groups -OCH3 is 1. The fraction of sp³-hybridized carbons (Fsp3) is 0.412. The zero-order chi connectivity index (χ0) is 18.2. The van der Waals surface area contributed by atoms with Crippen molar-refractivity contribution in [2.45, 2.75) is 0 Å². The molecule has 9 heteroatoms. The smallest absolute Gasteiger partial charge is 0.251 e. The van der Waals surface area contributed by atoms with Gasteiger partial charge in [-0.3, -0.25) is 4.79 Å². The molecule has 0 radical (unpaired) electrons. The van der Waals surface area contributed by atoms with Crippen LogP contribution in [0.25, 0.3) is 0 Å². The topological polar surface area (TPSA) is 102 Å². The fourth-order valence-corrected chi connectivity index (χ4v) is 2.57. The number of morpholine rings is 1. The molecule has 0 saturated carbocycles. The van der Waals surface area contributed by atoms with Crippen molar-refractivity contribution in [3.8, 4) is 5.88 Å². The molecule has 2 N–H and O–H groups in total. The summed E-state index contributed by atoms with van der Waals surface area (Å²) in [6.45, 7) is 4.11. The Morgan fingerprint density at radius 1 is 1.31 bits per heavy atom. The maximum absolute atomic E-state index is 12.1. The van der Waals surface area contributed by atoms with Crippen molar-refractivity contribution in [1.82, 2.24) is 20.5 Å². The first-order valence-corrected chi connectivity index (χ1v) is 8.44. The van der Waals surface area contributed by atoms with Crippen LogP contribution in [0.3, 0.4) is 0 Å². The molecule has 2 aromatic heterocycles. The highest BCUT2D eigenvalue weighted by Gasteiger charge is 2.12. The molecule has 0 aromatic carbocycles. The molecule has 26 heavy (non-hydrogen) atoms. The van der Waals surface area contributed by atoms with Crippen LogP contribution in [0.15, 0.2) is 30.6 Å². The largest absolute Gasteiger partial charge is 0.481 e. The summed E-state index contributed by atoms with van der Waals surface area (Å²) >= 11 is 0. The molecule has 2 aromatic rings. The molecule has 0 spiro atoms. The molecule has 0 aliphatic carbocycles. The predicted octanol–water partition coefficient (Wildman–Crippen LogP) is 0.559. The number of rotatable bonds is 7. The molecule has 3 heterocycles. The molecular weight excluding hydrogens is 336 g/mol. The minimum Gasteiger partial charge on any atom is -0.481 e. The van der Waals surface area contributed by atoms with Gasteiger partial charge in [-0.1, -0.05) is 0 Å². The Morgan fingerprint density at radius 3 is 2.96 bits per heavy atom. The SMILES string of the molecule is COc1cc(C(=O)NCCNc2cc(N3CCOCC3)cnn2)ccn1. The summed E-state index contributed by atoms with van der Waals surface area (Å²) in [5.74, 6) is 0.903. The lowest BCUT2D eigenvalue weighted by molar-refractivity contribution is 0.0954. The van der Waals surface area contributed by atoms with Gasteiger partial charge in [0.1, 0.15) is 0 Å². The second kappa shape index (κ2) is 8.95. The minimum atomic E-state index is -0.180. The van der Waals surface area contributed by atoms with E-state index in [4.69, 9.17) is 9.47 Å². The van der Waals surface area contributed by atoms with Gasteiger partial charge in [-0.25, -0.2) is 4.98 Å². The number of ether oxygens (including phenoxy) is 2. The van der Waals surface area contributed by atoms with Crippen molar-refractivity contribution in [3.63, 3.8) is 0 Å². The van der Waals surface area contributed by atoms with Gasteiger partial charge in [0.05, 0.1) is 32.2 Å². The normalized spacial score (nSPS) is 14.0. The molecule has 3 rings (SSSR count). The quantitative estimate of drug-likeness (QED) is 0.693. The van der Waals surface area contributed by atoms with Crippen molar-refractivity contribution < 1.29 is 14.3 Å². The molecule has 1 amide bonds. The van der Waals surface area contributed by atoms with E-state index < -0.39 is 0 Å². The van der Waals surface area contributed by atoms with Crippen LogP contribution in [0.5, 0.6) is 5.88 Å². The summed E-state index contributed by atoms with van der Waals surface area (Å²) in [4.78, 5) is 18.3. The Labute approximate surface area is 151 Å². The van der Waals surface area contributed by atoms with Gasteiger partial charge in [-0.05, 0) is 6.07 Å². The standard InChI is InChI=1S/C17H22N6O3/c1-25-16-10-13(2-3-19-16)17(24)20-5-4-18-15-11-14(12-21-22-15)23-6-8-26-9-7-23/h2-3,10-12H,4-9H2,1H3,(H,18,22)(H,20,24). The highest BCUT2D eigenvalue weighted by molar-refractivity contribution is 5.94. The number of nitrogens with one attached hydrogen (secondary N) is 2. The van der Waals surface area contributed by atoms with E-state index in [-0.39, 0.29) is 5.91 Å². The van der Waals surface area contributed by atoms with E-state index in [1.807, 2.05) is 6.07 Å². The van der Waals surface area contributed by atoms with Gasteiger partial charge in [-0.2, -0.15) is 5.10 Å². The molecule has 0 bridgehead atoms. The van der Waals surface area contributed by atoms with Gasteiger partial charge < -0.3 is 25.0 Å². The van der Waals surface area contributed by atoms with Crippen molar-refractivity contribution in [2.24, 2.45) is 0 Å². The Bertz CT molecular complexity index is 736. The van der Waals surface area contributed by atoms with Crippen LogP contribution in [0.1, 0.15) is 10.4 Å². The Morgan fingerprint density at radius 2 is 2.15 bits per heavy atom. The summed E-state index contributed by atoms with van der Waals surface area (Å²) in [6, 6.07) is 5.19. The Kier molecular flexibility index (Phi) is 6.15. The van der Waals surface area contributed by atoms with E-state index in [2.05, 4.69) is 30.7 Å². The van der Waals surface area contributed by atoms with Crippen molar-refractivity contribution in [3.05, 3.63) is 36.2 Å². The third-order valence-electron chi connectivity index (χ3n) is 3.94. The van der Waals surface area contributed by atoms with Crippen LogP contribution < -0.4 is 20.3 Å². The highest BCUT2D eigenvalue weighted by atomic mass is 16.5. The minimum absolute atomic E-state index is 0.180. The monoisotopic (exact) mass is 358 g/mol. The Hall–Kier alpha value is -2.94. The number of carbonyl (C=O) groups excluding carboxylic acids is 1. The van der Waals surface area contributed by atoms with Gasteiger partial charge in [0.25, 0.3) is 5.91 Å². The number of aromatic nitrogens is 3. The highest BCUT2D eigenvalue weighted by Crippen LogP contribution is 2.16. The molecule has 138 valence electrons. The lowest BCUT2D eigenvalue weighted by atomic mass is 10.2. The van der Waals surface area contributed by atoms with E-state index in [1.165, 1.54) is 7.11 Å². The number of nitrogens with zero attached hydrogens (tertiary/aromatic N) is 4. The van der Waals surface area contributed by atoms with Gasteiger partial charge in [0.2, 0.25) is 5.88 Å². The number of carbonyl (C=O) groups is 1. The number of hydrogen-bond donors (Lipinski definition) is 2. The first-order chi connectivity index (χ1) is 12.8. The summed E-state index contributed by atoms with van der Waals surface area (Å²) in [7, 11) is 1.51. The lowest BCUT2D eigenvalue weighted by Gasteiger charge is -2.28. The lowest BCUT2D eigenvalue weighted by Crippen LogP contribution is -2.36. The molecular formula is C17H22N6O3. The van der Waals surface area contributed by atoms with Crippen LogP contribution in [-0.2, 0) is 4.74 Å². The van der Waals surface area contributed by atoms with Crippen molar-refractivity contribution in [2.75, 3.05) is 56.7 Å². The Balaban J connectivity index is 1.46. The molecule has 1 saturated heterocycles. The first-order valence-electron chi connectivity index (χ1n) is 8.44. The van der Waals surface area contributed by atoms with Crippen LogP contribution >= 0.6 is 0 Å². The molecule has 9 nitrogen and oxygen atoms in total. The average Bonchev–Trinajstić information content (AvgIpc) is 2.72. The van der Waals surface area contributed by atoms with Gasteiger partial charge in [0.15, 0.2) is 5.82 Å². The maximum Gasteiger partial charge on any atom is 0.251 e. The predicted molar refractivity (Wildman–Crippen MR) is 96.7 cm³/mol.